The number of rotatable bonds is 8. The van der Waals surface area contributed by atoms with E-state index in [9.17, 15) is 18.3 Å². The summed E-state index contributed by atoms with van der Waals surface area (Å²) in [5, 5.41) is 17.8. The number of fused-ring (bicyclic) bond motifs is 1. The van der Waals surface area contributed by atoms with Gasteiger partial charge in [-0.25, -0.2) is 0 Å². The lowest BCUT2D eigenvalue weighted by Crippen LogP contribution is -2.18. The first-order valence-corrected chi connectivity index (χ1v) is 9.78. The summed E-state index contributed by atoms with van der Waals surface area (Å²) in [5.41, 5.74) is 0.0500. The molecule has 0 amide bonds. The smallest absolute Gasteiger partial charge is 0.417 e. The van der Waals surface area contributed by atoms with Crippen molar-refractivity contribution in [1.82, 2.24) is 14.6 Å². The van der Waals surface area contributed by atoms with Crippen LogP contribution in [0.2, 0.25) is 5.02 Å². The zero-order chi connectivity index (χ0) is 21.0. The molecule has 0 aliphatic rings. The van der Waals surface area contributed by atoms with Gasteiger partial charge >= 0.3 is 6.18 Å². The molecule has 3 rings (SSSR count). The van der Waals surface area contributed by atoms with Crippen molar-refractivity contribution in [2.45, 2.75) is 24.0 Å². The van der Waals surface area contributed by atoms with Crippen LogP contribution >= 0.6 is 23.4 Å². The fourth-order valence-corrected chi connectivity index (χ4v) is 3.59. The highest BCUT2D eigenvalue weighted by molar-refractivity contribution is 7.99. The number of hydrogen-bond acceptors (Lipinski definition) is 6. The molecule has 11 heteroatoms. The summed E-state index contributed by atoms with van der Waals surface area (Å²) >= 11 is 6.94. The van der Waals surface area contributed by atoms with Crippen molar-refractivity contribution >= 4 is 29.0 Å². The molecule has 2 heterocycles. The number of ether oxygens (including phenoxy) is 2. The fraction of sp³-hybridized carbons (Fsp3) is 0.333. The molecule has 156 valence electrons. The maximum atomic E-state index is 13.0. The number of aliphatic hydroxyl groups excluding tert-OH is 1. The Morgan fingerprint density at radius 2 is 2.03 bits per heavy atom. The molecule has 1 aromatic carbocycles. The van der Waals surface area contributed by atoms with Crippen molar-refractivity contribution in [1.29, 1.82) is 0 Å². The van der Waals surface area contributed by atoms with Crippen LogP contribution in [0.5, 0.6) is 5.75 Å². The van der Waals surface area contributed by atoms with Gasteiger partial charge in [0.15, 0.2) is 10.8 Å². The van der Waals surface area contributed by atoms with E-state index < -0.39 is 17.8 Å². The molecule has 0 aliphatic heterocycles. The molecule has 1 atom stereocenters. The average Bonchev–Trinajstić information content (AvgIpc) is 3.10. The zero-order valence-corrected chi connectivity index (χ0v) is 16.8. The molecule has 29 heavy (non-hydrogen) atoms. The second-order valence-corrected chi connectivity index (χ2v) is 7.44. The van der Waals surface area contributed by atoms with Gasteiger partial charge in [-0.1, -0.05) is 41.6 Å². The van der Waals surface area contributed by atoms with Gasteiger partial charge in [-0.15, -0.1) is 10.2 Å². The molecule has 0 saturated carbocycles. The number of alkyl halides is 3. The van der Waals surface area contributed by atoms with E-state index in [1.54, 1.807) is 7.11 Å². The Balaban J connectivity index is 1.59. The van der Waals surface area contributed by atoms with Crippen LogP contribution in [0.3, 0.4) is 0 Å². The van der Waals surface area contributed by atoms with Gasteiger partial charge in [0.2, 0.25) is 0 Å². The molecule has 2 aromatic heterocycles. The zero-order valence-electron chi connectivity index (χ0n) is 15.2. The standard InChI is InChI=1S/C18H17ClF3N3O3S/c1-27-15-5-3-2-4-11(15)8-28-9-13(26)10-29-17-24-23-16-14(19)6-12(7-25(16)17)18(20,21)22/h2-7,13,26H,8-10H2,1H3. The first-order chi connectivity index (χ1) is 13.8. The highest BCUT2D eigenvalue weighted by Gasteiger charge is 2.32. The summed E-state index contributed by atoms with van der Waals surface area (Å²) in [4.78, 5) is 0. The summed E-state index contributed by atoms with van der Waals surface area (Å²) in [7, 11) is 1.56. The summed E-state index contributed by atoms with van der Waals surface area (Å²) in [6.07, 6.45) is -4.52. The number of benzene rings is 1. The van der Waals surface area contributed by atoms with E-state index in [0.29, 0.717) is 5.75 Å². The van der Waals surface area contributed by atoms with Crippen molar-refractivity contribution in [2.24, 2.45) is 0 Å². The predicted octanol–water partition coefficient (Wildman–Crippen LogP) is 4.08. The van der Waals surface area contributed by atoms with Gasteiger partial charge in [-0.3, -0.25) is 4.40 Å². The molecule has 1 N–H and O–H groups in total. The number of nitrogens with zero attached hydrogens (tertiary/aromatic N) is 3. The number of pyridine rings is 1. The normalized spacial score (nSPS) is 13.0. The Morgan fingerprint density at radius 1 is 1.28 bits per heavy atom. The van der Waals surface area contributed by atoms with Crippen molar-refractivity contribution in [3.8, 4) is 5.75 Å². The van der Waals surface area contributed by atoms with Gasteiger partial charge in [0, 0.05) is 17.5 Å². The van der Waals surface area contributed by atoms with Crippen LogP contribution in [0.4, 0.5) is 13.2 Å². The van der Waals surface area contributed by atoms with E-state index in [1.165, 1.54) is 0 Å². The van der Waals surface area contributed by atoms with Crippen LogP contribution in [0.1, 0.15) is 11.1 Å². The van der Waals surface area contributed by atoms with Crippen LogP contribution in [-0.4, -0.2) is 45.3 Å². The lowest BCUT2D eigenvalue weighted by molar-refractivity contribution is -0.137. The van der Waals surface area contributed by atoms with Gasteiger partial charge < -0.3 is 14.6 Å². The number of aromatic nitrogens is 3. The Bertz CT molecular complexity index is 984. The third-order valence-corrected chi connectivity index (χ3v) is 5.29. The Morgan fingerprint density at radius 3 is 2.76 bits per heavy atom. The van der Waals surface area contributed by atoms with Crippen molar-refractivity contribution in [2.75, 3.05) is 19.5 Å². The molecular formula is C18H17ClF3N3O3S. The molecule has 3 aromatic rings. The largest absolute Gasteiger partial charge is 0.496 e. The van der Waals surface area contributed by atoms with E-state index in [1.807, 2.05) is 24.3 Å². The SMILES string of the molecule is COc1ccccc1COCC(O)CSc1nnc2c(Cl)cc(C(F)(F)F)cn12. The quantitative estimate of drug-likeness (QED) is 0.525. The molecule has 0 aliphatic carbocycles. The average molecular weight is 448 g/mol. The number of aliphatic hydroxyl groups is 1. The van der Waals surface area contributed by atoms with E-state index in [0.717, 1.165) is 34.0 Å². The Labute approximate surface area is 173 Å². The molecular weight excluding hydrogens is 431 g/mol. The lowest BCUT2D eigenvalue weighted by atomic mass is 10.2. The number of methoxy groups -OCH3 is 1. The van der Waals surface area contributed by atoms with Crippen molar-refractivity contribution in [3.05, 3.63) is 52.7 Å². The monoisotopic (exact) mass is 447 g/mol. The van der Waals surface area contributed by atoms with Gasteiger partial charge in [0.25, 0.3) is 0 Å². The topological polar surface area (TPSA) is 68.9 Å². The van der Waals surface area contributed by atoms with Gasteiger partial charge in [0.05, 0.1) is 37.0 Å². The fourth-order valence-electron chi connectivity index (χ4n) is 2.53. The number of thioether (sulfide) groups is 1. The van der Waals surface area contributed by atoms with Crippen LogP contribution in [0.25, 0.3) is 5.65 Å². The number of hydrogen-bond donors (Lipinski definition) is 1. The minimum atomic E-state index is -4.55. The predicted molar refractivity (Wildman–Crippen MR) is 102 cm³/mol. The molecule has 0 radical (unpaired) electrons. The molecule has 0 spiro atoms. The molecule has 6 nitrogen and oxygen atoms in total. The lowest BCUT2D eigenvalue weighted by Gasteiger charge is -2.12. The second kappa shape index (κ2) is 9.21. The van der Waals surface area contributed by atoms with E-state index in [4.69, 9.17) is 21.1 Å². The van der Waals surface area contributed by atoms with Crippen molar-refractivity contribution < 1.29 is 27.8 Å². The van der Waals surface area contributed by atoms with Crippen LogP contribution < -0.4 is 4.74 Å². The first kappa shape index (κ1) is 21.7. The molecule has 0 fully saturated rings. The molecule has 1 unspecified atom stereocenters. The van der Waals surface area contributed by atoms with E-state index >= 15 is 0 Å². The number of para-hydroxylation sites is 1. The van der Waals surface area contributed by atoms with Crippen LogP contribution in [-0.2, 0) is 17.5 Å². The second-order valence-electron chi connectivity index (χ2n) is 6.04. The highest BCUT2D eigenvalue weighted by Crippen LogP contribution is 2.33. The third-order valence-electron chi connectivity index (χ3n) is 3.92. The molecule has 0 saturated heterocycles. The maximum absolute atomic E-state index is 13.0. The summed E-state index contributed by atoms with van der Waals surface area (Å²) in [5.74, 6) is 0.837. The summed E-state index contributed by atoms with van der Waals surface area (Å²) < 4.78 is 50.9. The van der Waals surface area contributed by atoms with E-state index in [-0.39, 0.29) is 34.8 Å². The summed E-state index contributed by atoms with van der Waals surface area (Å²) in [6, 6.07) is 8.16. The Kier molecular flexibility index (Phi) is 6.89. The Hall–Kier alpha value is -2.01. The first-order valence-electron chi connectivity index (χ1n) is 8.41. The van der Waals surface area contributed by atoms with E-state index in [2.05, 4.69) is 10.2 Å². The van der Waals surface area contributed by atoms with Crippen LogP contribution in [0, 0.1) is 0 Å². The number of halogens is 4. The minimum Gasteiger partial charge on any atom is -0.496 e. The van der Waals surface area contributed by atoms with Crippen LogP contribution in [0.15, 0.2) is 41.7 Å². The third kappa shape index (κ3) is 5.33. The van der Waals surface area contributed by atoms with Gasteiger partial charge in [-0.05, 0) is 12.1 Å². The summed E-state index contributed by atoms with van der Waals surface area (Å²) in [6.45, 7) is 0.292. The molecule has 0 bridgehead atoms. The van der Waals surface area contributed by atoms with Gasteiger partial charge in [-0.2, -0.15) is 13.2 Å². The highest BCUT2D eigenvalue weighted by atomic mass is 35.5. The van der Waals surface area contributed by atoms with Gasteiger partial charge in [0.1, 0.15) is 5.75 Å². The minimum absolute atomic E-state index is 0.0380. The van der Waals surface area contributed by atoms with Crippen molar-refractivity contribution in [3.63, 3.8) is 0 Å². The maximum Gasteiger partial charge on any atom is 0.417 e.